The van der Waals surface area contributed by atoms with E-state index in [1.54, 1.807) is 42.5 Å². The highest BCUT2D eigenvalue weighted by atomic mass is 32.2. The van der Waals surface area contributed by atoms with Gasteiger partial charge in [0.1, 0.15) is 5.75 Å². The third-order valence-electron chi connectivity index (χ3n) is 5.33. The maximum Gasteiger partial charge on any atom is 0.253 e. The molecule has 0 spiro atoms. The predicted molar refractivity (Wildman–Crippen MR) is 128 cm³/mol. The van der Waals surface area contributed by atoms with Crippen LogP contribution in [0.1, 0.15) is 22.3 Å². The third kappa shape index (κ3) is 6.22. The van der Waals surface area contributed by atoms with Crippen molar-refractivity contribution in [3.05, 3.63) is 66.2 Å². The summed E-state index contributed by atoms with van der Waals surface area (Å²) in [5, 5.41) is 5.45. The smallest absolute Gasteiger partial charge is 0.253 e. The maximum atomic E-state index is 13.0. The lowest BCUT2D eigenvalue weighted by atomic mass is 10.1. The van der Waals surface area contributed by atoms with E-state index in [0.29, 0.717) is 55.4 Å². The molecule has 2 N–H and O–H groups in total. The summed E-state index contributed by atoms with van der Waals surface area (Å²) >= 11 is 0. The van der Waals surface area contributed by atoms with Crippen LogP contribution in [0, 0.1) is 0 Å². The number of carbonyl (C=O) groups excluding carboxylic acids is 2. The number of anilines is 1. The number of ether oxygens (including phenoxy) is 2. The molecule has 34 heavy (non-hydrogen) atoms. The number of aryl methyl sites for hydroxylation is 1. The van der Waals surface area contributed by atoms with Gasteiger partial charge in [-0.3, -0.25) is 9.59 Å². The number of nitrogens with zero attached hydrogens (tertiary/aromatic N) is 1. The van der Waals surface area contributed by atoms with Crippen LogP contribution in [0.25, 0.3) is 0 Å². The van der Waals surface area contributed by atoms with Gasteiger partial charge < -0.3 is 20.1 Å². The van der Waals surface area contributed by atoms with E-state index in [2.05, 4.69) is 17.2 Å². The van der Waals surface area contributed by atoms with Gasteiger partial charge >= 0.3 is 0 Å². The van der Waals surface area contributed by atoms with Gasteiger partial charge in [0.25, 0.3) is 5.91 Å². The Balaban J connectivity index is 1.72. The fraction of sp³-hybridized carbons (Fsp3) is 0.333. The molecule has 1 heterocycles. The first-order valence-corrected chi connectivity index (χ1v) is 12.3. The number of morpholine rings is 1. The van der Waals surface area contributed by atoms with E-state index in [1.165, 1.54) is 17.5 Å². The zero-order chi connectivity index (χ0) is 24.6. The van der Waals surface area contributed by atoms with Gasteiger partial charge in [-0.05, 0) is 42.3 Å². The van der Waals surface area contributed by atoms with Gasteiger partial charge in [-0.2, -0.15) is 4.31 Å². The Hall–Kier alpha value is -3.21. The van der Waals surface area contributed by atoms with Crippen LogP contribution in [0.3, 0.4) is 0 Å². The minimum absolute atomic E-state index is 0.0695. The number of hydrogen-bond donors (Lipinski definition) is 2. The number of sulfonamides is 1. The average Bonchev–Trinajstić information content (AvgIpc) is 2.86. The molecule has 9 nitrogen and oxygen atoms in total. The Morgan fingerprint density at radius 2 is 1.91 bits per heavy atom. The summed E-state index contributed by atoms with van der Waals surface area (Å²) in [6.45, 7) is 5.19. The summed E-state index contributed by atoms with van der Waals surface area (Å²) in [5.41, 5.74) is 1.34. The van der Waals surface area contributed by atoms with Crippen molar-refractivity contribution < 1.29 is 27.5 Å². The molecule has 2 aromatic carbocycles. The summed E-state index contributed by atoms with van der Waals surface area (Å²) in [7, 11) is -2.18. The monoisotopic (exact) mass is 487 g/mol. The topological polar surface area (TPSA) is 114 Å². The number of para-hydroxylation sites is 1. The van der Waals surface area contributed by atoms with E-state index in [4.69, 9.17) is 9.47 Å². The van der Waals surface area contributed by atoms with Crippen LogP contribution in [0.2, 0.25) is 0 Å². The Labute approximate surface area is 199 Å². The lowest BCUT2D eigenvalue weighted by Gasteiger charge is -2.26. The molecule has 182 valence electrons. The lowest BCUT2D eigenvalue weighted by Crippen LogP contribution is -2.40. The zero-order valence-electron chi connectivity index (χ0n) is 19.1. The fourth-order valence-corrected chi connectivity index (χ4v) is 5.02. The molecule has 1 aliphatic heterocycles. The van der Waals surface area contributed by atoms with Crippen molar-refractivity contribution in [2.75, 3.05) is 45.3 Å². The van der Waals surface area contributed by atoms with Gasteiger partial charge in [0.2, 0.25) is 15.9 Å². The number of nitrogens with one attached hydrogen (secondary N) is 2. The van der Waals surface area contributed by atoms with Crippen LogP contribution in [-0.4, -0.2) is 64.5 Å². The summed E-state index contributed by atoms with van der Waals surface area (Å²) in [6.07, 6.45) is 1.90. The first-order chi connectivity index (χ1) is 16.4. The Morgan fingerprint density at radius 1 is 1.18 bits per heavy atom. The molecular weight excluding hydrogens is 458 g/mol. The molecule has 0 atom stereocenters. The minimum atomic E-state index is -3.67. The molecule has 0 unspecified atom stereocenters. The molecule has 1 saturated heterocycles. The molecule has 3 rings (SSSR count). The van der Waals surface area contributed by atoms with Crippen LogP contribution >= 0.6 is 0 Å². The van der Waals surface area contributed by atoms with E-state index in [9.17, 15) is 18.0 Å². The van der Waals surface area contributed by atoms with Crippen molar-refractivity contribution in [1.82, 2.24) is 9.62 Å². The number of methoxy groups -OCH3 is 1. The highest BCUT2D eigenvalue weighted by molar-refractivity contribution is 7.89. The molecule has 0 bridgehead atoms. The van der Waals surface area contributed by atoms with Gasteiger partial charge in [-0.15, -0.1) is 6.58 Å². The number of rotatable bonds is 10. The minimum Gasteiger partial charge on any atom is -0.496 e. The predicted octanol–water partition coefficient (Wildman–Crippen LogP) is 2.20. The van der Waals surface area contributed by atoms with Crippen LogP contribution in [-0.2, 0) is 26.0 Å². The van der Waals surface area contributed by atoms with Gasteiger partial charge in [0, 0.05) is 26.1 Å². The SMILES string of the molecule is C=CCNC(=O)c1ccccc1NC(=O)CCc1cc(S(=O)(=O)N2CCOCC2)ccc1OC. The van der Waals surface area contributed by atoms with Crippen molar-refractivity contribution in [2.24, 2.45) is 0 Å². The Bertz CT molecular complexity index is 1140. The second kappa shape index (κ2) is 11.8. The third-order valence-corrected chi connectivity index (χ3v) is 7.23. The van der Waals surface area contributed by atoms with Crippen LogP contribution in [0.15, 0.2) is 60.0 Å². The van der Waals surface area contributed by atoms with E-state index in [1.807, 2.05) is 0 Å². The fourth-order valence-electron chi connectivity index (χ4n) is 3.56. The van der Waals surface area contributed by atoms with Crippen molar-refractivity contribution in [2.45, 2.75) is 17.7 Å². The zero-order valence-corrected chi connectivity index (χ0v) is 19.9. The van der Waals surface area contributed by atoms with E-state index in [-0.39, 0.29) is 29.6 Å². The van der Waals surface area contributed by atoms with E-state index in [0.717, 1.165) is 0 Å². The molecule has 0 saturated carbocycles. The normalized spacial score (nSPS) is 14.3. The second-order valence-electron chi connectivity index (χ2n) is 7.58. The molecule has 1 fully saturated rings. The van der Waals surface area contributed by atoms with Gasteiger partial charge in [-0.25, -0.2) is 8.42 Å². The molecule has 0 radical (unpaired) electrons. The summed E-state index contributed by atoms with van der Waals surface area (Å²) in [5.74, 6) is -0.135. The van der Waals surface area contributed by atoms with Gasteiger partial charge in [0.05, 0.1) is 36.5 Å². The molecule has 2 aromatic rings. The first-order valence-electron chi connectivity index (χ1n) is 10.9. The van der Waals surface area contributed by atoms with Gasteiger partial charge in [-0.1, -0.05) is 18.2 Å². The molecule has 0 aromatic heterocycles. The molecule has 1 aliphatic rings. The highest BCUT2D eigenvalue weighted by Gasteiger charge is 2.27. The first kappa shape index (κ1) is 25.4. The summed E-state index contributed by atoms with van der Waals surface area (Å²) in [6, 6.07) is 11.4. The maximum absolute atomic E-state index is 13.0. The summed E-state index contributed by atoms with van der Waals surface area (Å²) in [4.78, 5) is 25.1. The van der Waals surface area contributed by atoms with Crippen molar-refractivity contribution in [1.29, 1.82) is 0 Å². The average molecular weight is 488 g/mol. The second-order valence-corrected chi connectivity index (χ2v) is 9.52. The number of amides is 2. The highest BCUT2D eigenvalue weighted by Crippen LogP contribution is 2.26. The molecule has 0 aliphatic carbocycles. The Morgan fingerprint density at radius 3 is 2.62 bits per heavy atom. The molecule has 2 amide bonds. The number of carbonyl (C=O) groups is 2. The number of hydrogen-bond acceptors (Lipinski definition) is 6. The number of benzene rings is 2. The van der Waals surface area contributed by atoms with Gasteiger partial charge in [0.15, 0.2) is 0 Å². The van der Waals surface area contributed by atoms with E-state index < -0.39 is 10.0 Å². The lowest BCUT2D eigenvalue weighted by molar-refractivity contribution is -0.116. The Kier molecular flexibility index (Phi) is 8.80. The molecular formula is C24H29N3O6S. The van der Waals surface area contributed by atoms with Crippen LogP contribution < -0.4 is 15.4 Å². The summed E-state index contributed by atoms with van der Waals surface area (Å²) < 4.78 is 38.0. The largest absolute Gasteiger partial charge is 0.496 e. The standard InChI is InChI=1S/C24H29N3O6S/c1-3-12-25-24(29)20-6-4-5-7-21(20)26-23(28)11-8-18-17-19(9-10-22(18)32-2)34(30,31)27-13-15-33-16-14-27/h3-7,9-10,17H,1,8,11-16H2,2H3,(H,25,29)(H,26,28). The van der Waals surface area contributed by atoms with E-state index >= 15 is 0 Å². The van der Waals surface area contributed by atoms with Crippen molar-refractivity contribution in [3.63, 3.8) is 0 Å². The quantitative estimate of drug-likeness (QED) is 0.497. The van der Waals surface area contributed by atoms with Crippen LogP contribution in [0.5, 0.6) is 5.75 Å². The molecule has 10 heteroatoms. The van der Waals surface area contributed by atoms with Crippen molar-refractivity contribution in [3.8, 4) is 5.75 Å². The van der Waals surface area contributed by atoms with Crippen LogP contribution in [0.4, 0.5) is 5.69 Å². The van der Waals surface area contributed by atoms with Crippen molar-refractivity contribution >= 4 is 27.5 Å².